The third-order valence-corrected chi connectivity index (χ3v) is 3.29. The topological polar surface area (TPSA) is 60.7 Å². The van der Waals surface area contributed by atoms with Gasteiger partial charge in [0.2, 0.25) is 0 Å². The third-order valence-electron chi connectivity index (χ3n) is 3.29. The molecule has 1 aliphatic heterocycles. The third kappa shape index (κ3) is 2.72. The number of fused-ring (bicyclic) bond motifs is 1. The van der Waals surface area contributed by atoms with Gasteiger partial charge in [-0.25, -0.2) is 0 Å². The molecule has 2 aromatic rings. The van der Waals surface area contributed by atoms with Gasteiger partial charge in [0.05, 0.1) is 18.6 Å². The highest BCUT2D eigenvalue weighted by atomic mass is 16.5. The molecule has 0 aliphatic carbocycles. The summed E-state index contributed by atoms with van der Waals surface area (Å²) in [5.41, 5.74) is 1.69. The van der Waals surface area contributed by atoms with Crippen LogP contribution in [0.1, 0.15) is 30.0 Å². The van der Waals surface area contributed by atoms with E-state index in [4.69, 9.17) is 13.9 Å². The first-order chi connectivity index (χ1) is 10.2. The number of benzene rings is 1. The number of hydrogen-bond acceptors (Lipinski definition) is 4. The second kappa shape index (κ2) is 5.52. The molecule has 1 aliphatic rings. The molecule has 0 spiro atoms. The van der Waals surface area contributed by atoms with Crippen LogP contribution in [-0.4, -0.2) is 18.6 Å². The molecule has 1 amide bonds. The van der Waals surface area contributed by atoms with Crippen molar-refractivity contribution in [1.29, 1.82) is 0 Å². The van der Waals surface area contributed by atoms with Crippen LogP contribution >= 0.6 is 0 Å². The second-order valence-electron chi connectivity index (χ2n) is 4.95. The SMILES string of the molecule is CCOc1cc2c(cc1NC(=O)c1ccco1)OC(C)C2. The minimum absolute atomic E-state index is 0.144. The fourth-order valence-electron chi connectivity index (χ4n) is 2.40. The number of anilines is 1. The molecule has 21 heavy (non-hydrogen) atoms. The Labute approximate surface area is 122 Å². The smallest absolute Gasteiger partial charge is 0.291 e. The van der Waals surface area contributed by atoms with E-state index in [0.29, 0.717) is 18.0 Å². The predicted molar refractivity (Wildman–Crippen MR) is 78.1 cm³/mol. The lowest BCUT2D eigenvalue weighted by Gasteiger charge is -2.13. The highest BCUT2D eigenvalue weighted by molar-refractivity contribution is 6.03. The van der Waals surface area contributed by atoms with Crippen molar-refractivity contribution in [1.82, 2.24) is 0 Å². The first-order valence-corrected chi connectivity index (χ1v) is 6.98. The molecule has 2 heterocycles. The number of nitrogens with one attached hydrogen (secondary N) is 1. The van der Waals surface area contributed by atoms with Gasteiger partial charge < -0.3 is 19.2 Å². The van der Waals surface area contributed by atoms with Gasteiger partial charge in [-0.05, 0) is 32.0 Å². The van der Waals surface area contributed by atoms with E-state index in [2.05, 4.69) is 5.32 Å². The Kier molecular flexibility index (Phi) is 3.56. The molecule has 0 radical (unpaired) electrons. The van der Waals surface area contributed by atoms with Crippen molar-refractivity contribution in [2.45, 2.75) is 26.4 Å². The maximum Gasteiger partial charge on any atom is 0.291 e. The fourth-order valence-corrected chi connectivity index (χ4v) is 2.40. The molecule has 0 bridgehead atoms. The monoisotopic (exact) mass is 287 g/mol. The summed E-state index contributed by atoms with van der Waals surface area (Å²) in [4.78, 5) is 12.1. The number of rotatable bonds is 4. The second-order valence-corrected chi connectivity index (χ2v) is 4.95. The maximum absolute atomic E-state index is 12.1. The van der Waals surface area contributed by atoms with Crippen LogP contribution in [0.3, 0.4) is 0 Å². The lowest BCUT2D eigenvalue weighted by atomic mass is 10.1. The summed E-state index contributed by atoms with van der Waals surface area (Å²) < 4.78 is 16.4. The van der Waals surface area contributed by atoms with Crippen LogP contribution in [0.4, 0.5) is 5.69 Å². The summed E-state index contributed by atoms with van der Waals surface area (Å²) >= 11 is 0. The van der Waals surface area contributed by atoms with Crippen molar-refractivity contribution in [2.75, 3.05) is 11.9 Å². The van der Waals surface area contributed by atoms with Crippen molar-refractivity contribution in [3.63, 3.8) is 0 Å². The number of hydrogen-bond donors (Lipinski definition) is 1. The zero-order valence-corrected chi connectivity index (χ0v) is 12.0. The molecule has 1 aromatic carbocycles. The quantitative estimate of drug-likeness (QED) is 0.937. The molecule has 0 saturated carbocycles. The van der Waals surface area contributed by atoms with E-state index in [0.717, 1.165) is 17.7 Å². The Morgan fingerprint density at radius 2 is 2.33 bits per heavy atom. The number of amides is 1. The Morgan fingerprint density at radius 1 is 1.48 bits per heavy atom. The van der Waals surface area contributed by atoms with Gasteiger partial charge in [0, 0.05) is 18.1 Å². The minimum atomic E-state index is -0.313. The van der Waals surface area contributed by atoms with Gasteiger partial charge in [-0.2, -0.15) is 0 Å². The molecule has 1 unspecified atom stereocenters. The van der Waals surface area contributed by atoms with Crippen molar-refractivity contribution in [3.05, 3.63) is 41.9 Å². The zero-order valence-electron chi connectivity index (χ0n) is 12.0. The molecule has 0 fully saturated rings. The van der Waals surface area contributed by atoms with Crippen LogP contribution in [0.5, 0.6) is 11.5 Å². The van der Waals surface area contributed by atoms with Gasteiger partial charge in [0.15, 0.2) is 5.76 Å². The van der Waals surface area contributed by atoms with Crippen molar-refractivity contribution in [3.8, 4) is 11.5 Å². The van der Waals surface area contributed by atoms with E-state index >= 15 is 0 Å². The van der Waals surface area contributed by atoms with E-state index < -0.39 is 0 Å². The summed E-state index contributed by atoms with van der Waals surface area (Å²) in [6, 6.07) is 7.03. The number of furan rings is 1. The summed E-state index contributed by atoms with van der Waals surface area (Å²) in [7, 11) is 0. The molecular formula is C16H17NO4. The van der Waals surface area contributed by atoms with E-state index in [1.54, 1.807) is 12.1 Å². The zero-order chi connectivity index (χ0) is 14.8. The Balaban J connectivity index is 1.90. The van der Waals surface area contributed by atoms with Crippen LogP contribution < -0.4 is 14.8 Å². The van der Waals surface area contributed by atoms with E-state index in [1.165, 1.54) is 6.26 Å². The molecule has 0 saturated heterocycles. The molecule has 3 rings (SSSR count). The highest BCUT2D eigenvalue weighted by Gasteiger charge is 2.23. The lowest BCUT2D eigenvalue weighted by Crippen LogP contribution is -2.12. The van der Waals surface area contributed by atoms with Crippen LogP contribution in [0, 0.1) is 0 Å². The van der Waals surface area contributed by atoms with E-state index in [9.17, 15) is 4.79 Å². The largest absolute Gasteiger partial charge is 0.492 e. The first-order valence-electron chi connectivity index (χ1n) is 6.98. The maximum atomic E-state index is 12.1. The molecule has 1 atom stereocenters. The molecule has 5 heteroatoms. The summed E-state index contributed by atoms with van der Waals surface area (Å²) in [5, 5.41) is 2.80. The number of carbonyl (C=O) groups is 1. The average Bonchev–Trinajstić information content (AvgIpc) is 3.07. The molecule has 1 aromatic heterocycles. The highest BCUT2D eigenvalue weighted by Crippen LogP contribution is 2.38. The van der Waals surface area contributed by atoms with Crippen molar-refractivity contribution >= 4 is 11.6 Å². The van der Waals surface area contributed by atoms with Crippen molar-refractivity contribution < 1.29 is 18.7 Å². The van der Waals surface area contributed by atoms with Gasteiger partial charge >= 0.3 is 0 Å². The van der Waals surface area contributed by atoms with Crippen LogP contribution in [0.2, 0.25) is 0 Å². The van der Waals surface area contributed by atoms with E-state index in [-0.39, 0.29) is 17.8 Å². The molecular weight excluding hydrogens is 270 g/mol. The van der Waals surface area contributed by atoms with Gasteiger partial charge in [-0.15, -0.1) is 0 Å². The summed E-state index contributed by atoms with van der Waals surface area (Å²) in [6.07, 6.45) is 2.46. The first kappa shape index (κ1) is 13.5. The van der Waals surface area contributed by atoms with Crippen LogP contribution in [-0.2, 0) is 6.42 Å². The molecule has 110 valence electrons. The average molecular weight is 287 g/mol. The van der Waals surface area contributed by atoms with Crippen LogP contribution in [0.15, 0.2) is 34.9 Å². The van der Waals surface area contributed by atoms with Gasteiger partial charge in [-0.3, -0.25) is 4.79 Å². The normalized spacial score (nSPS) is 16.2. The minimum Gasteiger partial charge on any atom is -0.492 e. The van der Waals surface area contributed by atoms with Gasteiger partial charge in [-0.1, -0.05) is 0 Å². The fraction of sp³-hybridized carbons (Fsp3) is 0.312. The number of carbonyl (C=O) groups excluding carboxylic acids is 1. The van der Waals surface area contributed by atoms with Gasteiger partial charge in [0.25, 0.3) is 5.91 Å². The van der Waals surface area contributed by atoms with Gasteiger partial charge in [0.1, 0.15) is 17.6 Å². The standard InChI is InChI=1S/C16H17NO4/c1-3-19-15-8-11-7-10(2)21-14(11)9-12(15)17-16(18)13-5-4-6-20-13/h4-6,8-10H,3,7H2,1-2H3,(H,17,18). The predicted octanol–water partition coefficient (Wildman–Crippen LogP) is 3.25. The molecule has 1 N–H and O–H groups in total. The Bertz CT molecular complexity index is 649. The summed E-state index contributed by atoms with van der Waals surface area (Å²) in [6.45, 7) is 4.45. The van der Waals surface area contributed by atoms with Crippen LogP contribution in [0.25, 0.3) is 0 Å². The Hall–Kier alpha value is -2.43. The lowest BCUT2D eigenvalue weighted by molar-refractivity contribution is 0.0996. The Morgan fingerprint density at radius 3 is 3.05 bits per heavy atom. The molecule has 5 nitrogen and oxygen atoms in total. The summed E-state index contributed by atoms with van der Waals surface area (Å²) in [5.74, 6) is 1.38. The number of ether oxygens (including phenoxy) is 2. The van der Waals surface area contributed by atoms with E-state index in [1.807, 2.05) is 26.0 Å². The van der Waals surface area contributed by atoms with Crippen molar-refractivity contribution in [2.24, 2.45) is 0 Å².